The Hall–Kier alpha value is -0.300. The van der Waals surface area contributed by atoms with Crippen LogP contribution in [0.3, 0.4) is 0 Å². The van der Waals surface area contributed by atoms with Gasteiger partial charge in [-0.3, -0.25) is 0 Å². The Morgan fingerprint density at radius 2 is 1.86 bits per heavy atom. The lowest BCUT2D eigenvalue weighted by Crippen LogP contribution is -2.32. The van der Waals surface area contributed by atoms with E-state index in [1.807, 2.05) is 0 Å². The van der Waals surface area contributed by atoms with Crippen molar-refractivity contribution < 1.29 is 4.74 Å². The highest BCUT2D eigenvalue weighted by Gasteiger charge is 2.64. The van der Waals surface area contributed by atoms with Crippen LogP contribution in [0.15, 0.2) is 12.2 Å². The molecule has 0 N–H and O–H groups in total. The third-order valence-electron chi connectivity index (χ3n) is 3.71. The van der Waals surface area contributed by atoms with Gasteiger partial charge in [0.05, 0.1) is 11.2 Å². The number of hydrogen-bond acceptors (Lipinski definition) is 1. The van der Waals surface area contributed by atoms with Gasteiger partial charge in [-0.1, -0.05) is 26.0 Å². The van der Waals surface area contributed by atoms with Gasteiger partial charge in [0.15, 0.2) is 0 Å². The van der Waals surface area contributed by atoms with Crippen molar-refractivity contribution >= 4 is 0 Å². The van der Waals surface area contributed by atoms with Crippen LogP contribution >= 0.6 is 0 Å². The summed E-state index contributed by atoms with van der Waals surface area (Å²) in [7, 11) is 0. The fraction of sp³-hybridized carbons (Fsp3) is 0.846. The summed E-state index contributed by atoms with van der Waals surface area (Å²) in [5.41, 5.74) is 0.110. The monoisotopic (exact) mass is 194 g/mol. The minimum Gasteiger partial charge on any atom is -0.365 e. The molecular formula is C13H22O. The van der Waals surface area contributed by atoms with Gasteiger partial charge < -0.3 is 4.74 Å². The quantitative estimate of drug-likeness (QED) is 0.612. The Morgan fingerprint density at radius 1 is 1.21 bits per heavy atom. The highest BCUT2D eigenvalue weighted by Crippen LogP contribution is 2.62. The molecule has 2 rings (SSSR count). The largest absolute Gasteiger partial charge is 0.365 e. The molecule has 1 aliphatic heterocycles. The van der Waals surface area contributed by atoms with Crippen LogP contribution in [-0.4, -0.2) is 11.2 Å². The summed E-state index contributed by atoms with van der Waals surface area (Å²) < 4.78 is 6.16. The fourth-order valence-corrected chi connectivity index (χ4v) is 2.86. The van der Waals surface area contributed by atoms with Crippen molar-refractivity contribution in [1.29, 1.82) is 0 Å². The van der Waals surface area contributed by atoms with Crippen molar-refractivity contribution in [2.75, 3.05) is 0 Å². The van der Waals surface area contributed by atoms with Crippen molar-refractivity contribution in [3.8, 4) is 0 Å². The van der Waals surface area contributed by atoms with Crippen molar-refractivity contribution in [3.05, 3.63) is 12.2 Å². The minimum atomic E-state index is 0.0123. The summed E-state index contributed by atoms with van der Waals surface area (Å²) in [6.07, 6.45) is 5.92. The second kappa shape index (κ2) is 2.85. The number of hydrogen-bond donors (Lipinski definition) is 0. The molecule has 1 heteroatoms. The van der Waals surface area contributed by atoms with E-state index in [0.29, 0.717) is 5.92 Å². The van der Waals surface area contributed by atoms with Crippen molar-refractivity contribution in [2.45, 2.75) is 52.2 Å². The van der Waals surface area contributed by atoms with Gasteiger partial charge in [-0.25, -0.2) is 0 Å². The molecule has 0 aromatic carbocycles. The first-order valence-corrected chi connectivity index (χ1v) is 5.75. The van der Waals surface area contributed by atoms with Crippen LogP contribution in [0.4, 0.5) is 0 Å². The Kier molecular flexibility index (Phi) is 2.08. The average molecular weight is 194 g/mol. The van der Waals surface area contributed by atoms with E-state index in [2.05, 4.69) is 46.8 Å². The van der Waals surface area contributed by atoms with Gasteiger partial charge >= 0.3 is 0 Å². The molecule has 3 atom stereocenters. The zero-order valence-corrected chi connectivity index (χ0v) is 10.0. The van der Waals surface area contributed by atoms with E-state index in [-0.39, 0.29) is 11.2 Å². The SMILES string of the molecule is CC(C)/C=C/C1(C)OC(C)(C)C2CC21. The molecule has 1 saturated carbocycles. The highest BCUT2D eigenvalue weighted by atomic mass is 16.5. The summed E-state index contributed by atoms with van der Waals surface area (Å²) >= 11 is 0. The van der Waals surface area contributed by atoms with Crippen molar-refractivity contribution in [1.82, 2.24) is 0 Å². The van der Waals surface area contributed by atoms with Gasteiger partial charge in [0.25, 0.3) is 0 Å². The molecule has 0 bridgehead atoms. The van der Waals surface area contributed by atoms with E-state index < -0.39 is 0 Å². The Bertz CT molecular complexity index is 264. The second-order valence-electron chi connectivity index (χ2n) is 5.94. The minimum absolute atomic E-state index is 0.0123. The van der Waals surface area contributed by atoms with Gasteiger partial charge in [0.2, 0.25) is 0 Å². The first kappa shape index (κ1) is 10.2. The van der Waals surface area contributed by atoms with Crippen LogP contribution in [0.1, 0.15) is 41.0 Å². The molecule has 1 nitrogen and oxygen atoms in total. The normalized spacial score (nSPS) is 44.7. The van der Waals surface area contributed by atoms with Gasteiger partial charge in [0, 0.05) is 0 Å². The highest BCUT2D eigenvalue weighted by molar-refractivity contribution is 5.20. The molecule has 0 aromatic rings. The third-order valence-corrected chi connectivity index (χ3v) is 3.71. The third kappa shape index (κ3) is 1.52. The van der Waals surface area contributed by atoms with Gasteiger partial charge in [-0.15, -0.1) is 0 Å². The maximum absolute atomic E-state index is 6.16. The van der Waals surface area contributed by atoms with Crippen LogP contribution in [0.5, 0.6) is 0 Å². The molecule has 1 heterocycles. The van der Waals surface area contributed by atoms with Crippen molar-refractivity contribution in [3.63, 3.8) is 0 Å². The maximum atomic E-state index is 6.16. The van der Waals surface area contributed by atoms with E-state index in [4.69, 9.17) is 4.74 Å². The molecule has 2 fully saturated rings. The molecule has 14 heavy (non-hydrogen) atoms. The topological polar surface area (TPSA) is 9.23 Å². The van der Waals surface area contributed by atoms with Gasteiger partial charge in [-0.05, 0) is 44.9 Å². The van der Waals surface area contributed by atoms with Crippen LogP contribution in [-0.2, 0) is 4.74 Å². The molecule has 2 aliphatic rings. The molecule has 0 aromatic heterocycles. The van der Waals surface area contributed by atoms with Crippen LogP contribution in [0.2, 0.25) is 0 Å². The molecule has 1 saturated heterocycles. The number of fused-ring (bicyclic) bond motifs is 1. The number of allylic oxidation sites excluding steroid dienone is 1. The number of ether oxygens (including phenoxy) is 1. The molecule has 0 spiro atoms. The Morgan fingerprint density at radius 3 is 2.21 bits per heavy atom. The van der Waals surface area contributed by atoms with Gasteiger partial charge in [0.1, 0.15) is 0 Å². The average Bonchev–Trinajstić information content (AvgIpc) is 2.75. The summed E-state index contributed by atoms with van der Waals surface area (Å²) in [5, 5.41) is 0. The molecule has 80 valence electrons. The van der Waals surface area contributed by atoms with E-state index in [9.17, 15) is 0 Å². The lowest BCUT2D eigenvalue weighted by Gasteiger charge is -2.30. The van der Waals surface area contributed by atoms with Crippen LogP contribution in [0.25, 0.3) is 0 Å². The smallest absolute Gasteiger partial charge is 0.0873 e. The fourth-order valence-electron chi connectivity index (χ4n) is 2.86. The zero-order valence-electron chi connectivity index (χ0n) is 10.0. The predicted octanol–water partition coefficient (Wildman–Crippen LogP) is 3.40. The zero-order chi connectivity index (χ0) is 10.6. The summed E-state index contributed by atoms with van der Waals surface area (Å²) in [6, 6.07) is 0. The molecular weight excluding hydrogens is 172 g/mol. The van der Waals surface area contributed by atoms with Gasteiger partial charge in [-0.2, -0.15) is 0 Å². The lowest BCUT2D eigenvalue weighted by atomic mass is 9.97. The molecule has 3 unspecified atom stereocenters. The summed E-state index contributed by atoms with van der Waals surface area (Å²) in [5.74, 6) is 2.19. The van der Waals surface area contributed by atoms with E-state index in [0.717, 1.165) is 11.8 Å². The summed E-state index contributed by atoms with van der Waals surface area (Å²) in [4.78, 5) is 0. The molecule has 0 amide bonds. The summed E-state index contributed by atoms with van der Waals surface area (Å²) in [6.45, 7) is 11.1. The first-order chi connectivity index (χ1) is 6.35. The number of rotatable bonds is 2. The van der Waals surface area contributed by atoms with E-state index in [1.165, 1.54) is 6.42 Å². The van der Waals surface area contributed by atoms with E-state index >= 15 is 0 Å². The van der Waals surface area contributed by atoms with Crippen LogP contribution < -0.4 is 0 Å². The maximum Gasteiger partial charge on any atom is 0.0873 e. The van der Waals surface area contributed by atoms with Crippen LogP contribution in [0, 0.1) is 17.8 Å². The van der Waals surface area contributed by atoms with Crippen molar-refractivity contribution in [2.24, 2.45) is 17.8 Å². The Balaban J connectivity index is 2.12. The predicted molar refractivity (Wildman–Crippen MR) is 59.1 cm³/mol. The lowest BCUT2D eigenvalue weighted by molar-refractivity contribution is -0.0783. The Labute approximate surface area is 87.5 Å². The first-order valence-electron chi connectivity index (χ1n) is 5.75. The molecule has 1 aliphatic carbocycles. The molecule has 0 radical (unpaired) electrons. The van der Waals surface area contributed by atoms with E-state index in [1.54, 1.807) is 0 Å². The second-order valence-corrected chi connectivity index (χ2v) is 5.94. The standard InChI is InChI=1S/C13H22O/c1-9(2)6-7-13(5)11-8-10(11)12(3,4)14-13/h6-7,9-11H,8H2,1-5H3/b7-6+.